The van der Waals surface area contributed by atoms with Crippen LogP contribution in [0, 0.1) is 26.6 Å². The maximum absolute atomic E-state index is 14.9. The van der Waals surface area contributed by atoms with E-state index < -0.39 is 0 Å². The average Bonchev–Trinajstić information content (AvgIpc) is 3.31. The van der Waals surface area contributed by atoms with Gasteiger partial charge in [0.25, 0.3) is 0 Å². The highest BCUT2D eigenvalue weighted by atomic mass is 32.2. The number of aromatic nitrogens is 1. The molecule has 5 nitrogen and oxygen atoms in total. The minimum absolute atomic E-state index is 0.0599. The van der Waals surface area contributed by atoms with Gasteiger partial charge in [-0.15, -0.1) is 23.5 Å². The molecule has 2 heterocycles. The third kappa shape index (κ3) is 6.29. The summed E-state index contributed by atoms with van der Waals surface area (Å²) in [6.07, 6.45) is 3.90. The molecule has 0 saturated heterocycles. The summed E-state index contributed by atoms with van der Waals surface area (Å²) >= 11 is 3.02. The third-order valence-electron chi connectivity index (χ3n) is 6.92. The number of carbonyl (C=O) groups is 1. The molecule has 0 atom stereocenters. The number of urea groups is 1. The fourth-order valence-electron chi connectivity index (χ4n) is 4.84. The molecule has 5 rings (SSSR count). The van der Waals surface area contributed by atoms with Gasteiger partial charge in [0.1, 0.15) is 22.2 Å². The van der Waals surface area contributed by atoms with Crippen molar-refractivity contribution in [2.45, 2.75) is 43.8 Å². The number of carbonyl (C=O) groups excluding carboxylic acids is 1. The second-order valence-corrected chi connectivity index (χ2v) is 11.6. The lowest BCUT2D eigenvalue weighted by atomic mass is 9.99. The lowest BCUT2D eigenvalue weighted by Crippen LogP contribution is -2.34. The first-order chi connectivity index (χ1) is 19.8. The molecular formula is C33H32FN3O2S2. The Morgan fingerprint density at radius 2 is 1.66 bits per heavy atom. The van der Waals surface area contributed by atoms with Crippen molar-refractivity contribution in [3.8, 4) is 11.1 Å². The van der Waals surface area contributed by atoms with E-state index in [2.05, 4.69) is 47.6 Å². The van der Waals surface area contributed by atoms with Gasteiger partial charge in [0.2, 0.25) is 0 Å². The summed E-state index contributed by atoms with van der Waals surface area (Å²) in [4.78, 5) is 21.2. The number of benzene rings is 3. The highest BCUT2D eigenvalue weighted by molar-refractivity contribution is 7.99. The normalized spacial score (nSPS) is 11.2. The SMILES string of the molecule is CSc1cc(C)nc(SC)c1NC(=O)N(Cc1ccccc1F)Cc1oc2ccc(C)cc2c1-c1ccc(C)cc1. The molecule has 1 N–H and O–H groups in total. The number of aryl methyl sites for hydroxylation is 3. The van der Waals surface area contributed by atoms with Gasteiger partial charge in [-0.05, 0) is 63.1 Å². The van der Waals surface area contributed by atoms with Crippen molar-refractivity contribution >= 4 is 46.2 Å². The molecule has 5 aromatic rings. The van der Waals surface area contributed by atoms with E-state index >= 15 is 0 Å². The molecule has 41 heavy (non-hydrogen) atoms. The molecule has 0 radical (unpaired) electrons. The number of rotatable bonds is 8. The zero-order valence-corrected chi connectivity index (χ0v) is 25.4. The van der Waals surface area contributed by atoms with E-state index in [0.29, 0.717) is 17.0 Å². The van der Waals surface area contributed by atoms with Gasteiger partial charge in [0.05, 0.1) is 18.8 Å². The number of amides is 2. The van der Waals surface area contributed by atoms with Crippen LogP contribution >= 0.6 is 23.5 Å². The predicted octanol–water partition coefficient (Wildman–Crippen LogP) is 9.24. The zero-order chi connectivity index (χ0) is 29.1. The fourth-order valence-corrected chi connectivity index (χ4v) is 6.15. The average molecular weight is 586 g/mol. The lowest BCUT2D eigenvalue weighted by Gasteiger charge is -2.24. The van der Waals surface area contributed by atoms with E-state index in [-0.39, 0.29) is 24.9 Å². The van der Waals surface area contributed by atoms with E-state index in [0.717, 1.165) is 48.8 Å². The van der Waals surface area contributed by atoms with Crippen LogP contribution in [0.2, 0.25) is 0 Å². The Labute approximate surface area is 248 Å². The summed E-state index contributed by atoms with van der Waals surface area (Å²) in [6.45, 7) is 6.23. The van der Waals surface area contributed by atoms with E-state index in [9.17, 15) is 9.18 Å². The number of nitrogens with one attached hydrogen (secondary N) is 1. The summed E-state index contributed by atoms with van der Waals surface area (Å²) in [5.41, 5.74) is 6.88. The van der Waals surface area contributed by atoms with Gasteiger partial charge in [-0.3, -0.25) is 0 Å². The van der Waals surface area contributed by atoms with Crippen molar-refractivity contribution in [1.82, 2.24) is 9.88 Å². The monoisotopic (exact) mass is 585 g/mol. The Bertz CT molecular complexity index is 1690. The molecule has 8 heteroatoms. The van der Waals surface area contributed by atoms with Gasteiger partial charge in [-0.2, -0.15) is 0 Å². The van der Waals surface area contributed by atoms with Crippen molar-refractivity contribution in [2.24, 2.45) is 0 Å². The number of hydrogen-bond donors (Lipinski definition) is 1. The van der Waals surface area contributed by atoms with Crippen molar-refractivity contribution < 1.29 is 13.6 Å². The Kier molecular flexibility index (Phi) is 8.71. The number of hydrogen-bond acceptors (Lipinski definition) is 5. The molecule has 2 aromatic heterocycles. The maximum atomic E-state index is 14.9. The number of pyridine rings is 1. The van der Waals surface area contributed by atoms with Crippen LogP contribution in [0.1, 0.15) is 28.1 Å². The second kappa shape index (κ2) is 12.4. The first-order valence-electron chi connectivity index (χ1n) is 13.3. The molecule has 210 valence electrons. The summed E-state index contributed by atoms with van der Waals surface area (Å²) < 4.78 is 21.3. The van der Waals surface area contributed by atoms with Crippen molar-refractivity contribution in [1.29, 1.82) is 0 Å². The first kappa shape index (κ1) is 28.8. The fraction of sp³-hybridized carbons (Fsp3) is 0.212. The molecular weight excluding hydrogens is 554 g/mol. The van der Waals surface area contributed by atoms with Crippen LogP contribution in [0.5, 0.6) is 0 Å². The van der Waals surface area contributed by atoms with Crippen LogP contribution in [0.15, 0.2) is 87.1 Å². The van der Waals surface area contributed by atoms with E-state index in [4.69, 9.17) is 4.42 Å². The summed E-state index contributed by atoms with van der Waals surface area (Å²) in [6, 6.07) is 22.5. The molecule has 2 amide bonds. The summed E-state index contributed by atoms with van der Waals surface area (Å²) in [5.74, 6) is 0.272. The zero-order valence-electron chi connectivity index (χ0n) is 23.7. The highest BCUT2D eigenvalue weighted by Crippen LogP contribution is 2.38. The number of anilines is 1. The number of fused-ring (bicyclic) bond motifs is 1. The van der Waals surface area contributed by atoms with E-state index in [1.54, 1.807) is 34.9 Å². The predicted molar refractivity (Wildman–Crippen MR) is 168 cm³/mol. The Hall–Kier alpha value is -3.75. The quantitative estimate of drug-likeness (QED) is 0.184. The van der Waals surface area contributed by atoms with Gasteiger partial charge >= 0.3 is 6.03 Å². The molecule has 0 unspecified atom stereocenters. The summed E-state index contributed by atoms with van der Waals surface area (Å²) in [5, 5.41) is 4.81. The molecule has 0 aliphatic heterocycles. The standard InChI is InChI=1S/C33H32FN3O2S2/c1-20-10-13-23(14-11-20)30-25-16-21(2)12-15-27(25)39-28(30)19-37(18-24-8-6-7-9-26(24)34)33(38)36-31-29(40-4)17-22(3)35-32(31)41-5/h6-17H,18-19H2,1-5H3,(H,36,38). The number of thioether (sulfide) groups is 2. The van der Waals surface area contributed by atoms with Gasteiger partial charge in [0.15, 0.2) is 0 Å². The van der Waals surface area contributed by atoms with Gasteiger partial charge in [-0.1, -0.05) is 59.7 Å². The van der Waals surface area contributed by atoms with Crippen LogP contribution < -0.4 is 5.32 Å². The van der Waals surface area contributed by atoms with Gasteiger partial charge in [0, 0.05) is 27.1 Å². The Morgan fingerprint density at radius 1 is 0.927 bits per heavy atom. The van der Waals surface area contributed by atoms with Crippen LogP contribution in [0.3, 0.4) is 0 Å². The topological polar surface area (TPSA) is 58.4 Å². The molecule has 0 spiro atoms. The smallest absolute Gasteiger partial charge is 0.322 e. The van der Waals surface area contributed by atoms with Crippen LogP contribution in [0.25, 0.3) is 22.1 Å². The number of halogens is 1. The molecule has 3 aromatic carbocycles. The minimum Gasteiger partial charge on any atom is -0.459 e. The number of furan rings is 1. The minimum atomic E-state index is -0.365. The van der Waals surface area contributed by atoms with Crippen molar-refractivity contribution in [3.63, 3.8) is 0 Å². The van der Waals surface area contributed by atoms with Crippen LogP contribution in [-0.2, 0) is 13.1 Å². The molecule has 0 bridgehead atoms. The maximum Gasteiger partial charge on any atom is 0.322 e. The molecule has 0 saturated carbocycles. The van der Waals surface area contributed by atoms with E-state index in [1.807, 2.05) is 44.6 Å². The van der Waals surface area contributed by atoms with Gasteiger partial charge < -0.3 is 14.6 Å². The molecule has 0 aliphatic carbocycles. The highest BCUT2D eigenvalue weighted by Gasteiger charge is 2.25. The Morgan fingerprint density at radius 3 is 2.37 bits per heavy atom. The Balaban J connectivity index is 1.59. The third-order valence-corrected chi connectivity index (χ3v) is 8.36. The largest absolute Gasteiger partial charge is 0.459 e. The van der Waals surface area contributed by atoms with Crippen LogP contribution in [-0.4, -0.2) is 28.4 Å². The second-order valence-electron chi connectivity index (χ2n) is 9.99. The summed E-state index contributed by atoms with van der Waals surface area (Å²) in [7, 11) is 0. The first-order valence-corrected chi connectivity index (χ1v) is 15.7. The van der Waals surface area contributed by atoms with Crippen molar-refractivity contribution in [2.75, 3.05) is 17.8 Å². The van der Waals surface area contributed by atoms with Gasteiger partial charge in [-0.25, -0.2) is 14.2 Å². The molecule has 0 aliphatic rings. The van der Waals surface area contributed by atoms with Crippen molar-refractivity contribution in [3.05, 3.63) is 107 Å². The van der Waals surface area contributed by atoms with Crippen LogP contribution in [0.4, 0.5) is 14.9 Å². The number of nitrogens with zero attached hydrogens (tertiary/aromatic N) is 2. The van der Waals surface area contributed by atoms with E-state index in [1.165, 1.54) is 17.8 Å². The lowest BCUT2D eigenvalue weighted by molar-refractivity contribution is 0.201. The molecule has 0 fully saturated rings.